The Morgan fingerprint density at radius 2 is 1.86 bits per heavy atom. The van der Waals surface area contributed by atoms with E-state index >= 15 is 0 Å². The van der Waals surface area contributed by atoms with Crippen LogP contribution < -0.4 is 10.9 Å². The van der Waals surface area contributed by atoms with Crippen molar-refractivity contribution in [1.29, 1.82) is 0 Å². The largest absolute Gasteiger partial charge is 0.322 e. The molecule has 1 amide bonds. The molecule has 0 spiro atoms. The Bertz CT molecular complexity index is 1070. The fourth-order valence-corrected chi connectivity index (χ4v) is 2.92. The van der Waals surface area contributed by atoms with Crippen molar-refractivity contribution < 1.29 is 9.72 Å². The van der Waals surface area contributed by atoms with E-state index < -0.39 is 16.4 Å². The average molecular weight is 377 g/mol. The van der Waals surface area contributed by atoms with E-state index in [1.165, 1.54) is 16.7 Å². The molecule has 0 aliphatic rings. The quantitative estimate of drug-likeness (QED) is 0.524. The molecule has 3 rings (SSSR count). The third-order valence-corrected chi connectivity index (χ3v) is 4.38. The van der Waals surface area contributed by atoms with Crippen LogP contribution in [0.4, 0.5) is 11.4 Å². The highest BCUT2D eigenvalue weighted by Gasteiger charge is 2.16. The molecule has 28 heavy (non-hydrogen) atoms. The molecule has 0 bridgehead atoms. The summed E-state index contributed by atoms with van der Waals surface area (Å²) in [5, 5.41) is 13.8. The van der Waals surface area contributed by atoms with Crippen LogP contribution in [0.5, 0.6) is 0 Å². The van der Waals surface area contributed by atoms with Gasteiger partial charge in [-0.3, -0.25) is 19.7 Å². The molecule has 0 aliphatic carbocycles. The molecule has 2 aromatic carbocycles. The molecule has 1 aromatic heterocycles. The Kier molecular flexibility index (Phi) is 5.64. The predicted molar refractivity (Wildman–Crippen MR) is 107 cm³/mol. The number of rotatable bonds is 6. The molecule has 0 fully saturated rings. The van der Waals surface area contributed by atoms with Gasteiger partial charge in [0.25, 0.3) is 17.2 Å². The number of aryl methyl sites for hydroxylation is 1. The van der Waals surface area contributed by atoms with Crippen LogP contribution in [-0.4, -0.2) is 15.4 Å². The molecule has 7 heteroatoms. The normalized spacial score (nSPS) is 10.5. The summed E-state index contributed by atoms with van der Waals surface area (Å²) in [7, 11) is 0. The molecular weight excluding hydrogens is 358 g/mol. The highest BCUT2D eigenvalue weighted by molar-refractivity contribution is 6.04. The van der Waals surface area contributed by atoms with Gasteiger partial charge < -0.3 is 9.88 Å². The number of pyridine rings is 1. The van der Waals surface area contributed by atoms with E-state index in [2.05, 4.69) is 5.32 Å². The molecule has 0 saturated heterocycles. The number of nitro benzene ring substituents is 1. The van der Waals surface area contributed by atoms with Crippen molar-refractivity contribution in [2.24, 2.45) is 0 Å². The van der Waals surface area contributed by atoms with Crippen LogP contribution in [0, 0.1) is 10.1 Å². The number of hydrogen-bond acceptors (Lipinski definition) is 4. The summed E-state index contributed by atoms with van der Waals surface area (Å²) >= 11 is 0. The second-order valence-electron chi connectivity index (χ2n) is 6.25. The summed E-state index contributed by atoms with van der Waals surface area (Å²) in [6, 6.07) is 17.0. The lowest BCUT2D eigenvalue weighted by Gasteiger charge is -2.09. The lowest BCUT2D eigenvalue weighted by molar-refractivity contribution is -0.385. The van der Waals surface area contributed by atoms with Crippen molar-refractivity contribution in [3.8, 4) is 0 Å². The van der Waals surface area contributed by atoms with Crippen molar-refractivity contribution in [3.05, 3.63) is 104 Å². The fourth-order valence-electron chi connectivity index (χ4n) is 2.92. The van der Waals surface area contributed by atoms with Crippen LogP contribution in [0.15, 0.2) is 71.7 Å². The van der Waals surface area contributed by atoms with E-state index in [9.17, 15) is 19.7 Å². The lowest BCUT2D eigenvalue weighted by Crippen LogP contribution is -2.29. The standard InChI is InChI=1S/C21H19N3O4/c1-2-16-10-11-17(13-19(16)24(27)28)22-20(25)18-9-6-12-23(21(18)26)14-15-7-4-3-5-8-15/h3-13H,2,14H2,1H3,(H,22,25). The number of anilines is 1. The number of nitrogens with one attached hydrogen (secondary N) is 1. The van der Waals surface area contributed by atoms with Crippen LogP contribution in [0.3, 0.4) is 0 Å². The van der Waals surface area contributed by atoms with Crippen LogP contribution in [0.1, 0.15) is 28.4 Å². The third kappa shape index (κ3) is 4.15. The van der Waals surface area contributed by atoms with Gasteiger partial charge in [-0.05, 0) is 30.2 Å². The van der Waals surface area contributed by atoms with Gasteiger partial charge in [-0.1, -0.05) is 43.3 Å². The van der Waals surface area contributed by atoms with Crippen LogP contribution in [0.25, 0.3) is 0 Å². The van der Waals surface area contributed by atoms with Gasteiger partial charge in [0.15, 0.2) is 0 Å². The van der Waals surface area contributed by atoms with E-state index in [0.717, 1.165) is 5.56 Å². The molecule has 3 aromatic rings. The minimum absolute atomic E-state index is 0.0272. The third-order valence-electron chi connectivity index (χ3n) is 4.38. The molecule has 0 atom stereocenters. The van der Waals surface area contributed by atoms with Crippen molar-refractivity contribution in [2.75, 3.05) is 5.32 Å². The Balaban J connectivity index is 1.85. The first-order chi connectivity index (χ1) is 13.5. The Hall–Kier alpha value is -3.74. The van der Waals surface area contributed by atoms with Gasteiger partial charge >= 0.3 is 0 Å². The van der Waals surface area contributed by atoms with Crippen molar-refractivity contribution in [2.45, 2.75) is 19.9 Å². The summed E-state index contributed by atoms with van der Waals surface area (Å²) in [6.45, 7) is 2.16. The molecule has 7 nitrogen and oxygen atoms in total. The van der Waals surface area contributed by atoms with Gasteiger partial charge in [-0.25, -0.2) is 0 Å². The van der Waals surface area contributed by atoms with Crippen LogP contribution in [-0.2, 0) is 13.0 Å². The number of carbonyl (C=O) groups excluding carboxylic acids is 1. The Morgan fingerprint density at radius 3 is 2.54 bits per heavy atom. The number of aromatic nitrogens is 1. The summed E-state index contributed by atoms with van der Waals surface area (Å²) in [6.07, 6.45) is 2.13. The SMILES string of the molecule is CCc1ccc(NC(=O)c2cccn(Cc3ccccc3)c2=O)cc1[N+](=O)[O-]. The molecule has 142 valence electrons. The maximum absolute atomic E-state index is 12.7. The zero-order valence-corrected chi connectivity index (χ0v) is 15.3. The molecule has 0 radical (unpaired) electrons. The van der Waals surface area contributed by atoms with E-state index in [1.807, 2.05) is 37.3 Å². The van der Waals surface area contributed by atoms with Crippen LogP contribution >= 0.6 is 0 Å². The van der Waals surface area contributed by atoms with Gasteiger partial charge in [-0.2, -0.15) is 0 Å². The molecular formula is C21H19N3O4. The van der Waals surface area contributed by atoms with Gasteiger partial charge in [0, 0.05) is 23.5 Å². The number of amides is 1. The zero-order chi connectivity index (χ0) is 20.1. The van der Waals surface area contributed by atoms with Gasteiger partial charge in [0.2, 0.25) is 0 Å². The predicted octanol–water partition coefficient (Wildman–Crippen LogP) is 3.62. The maximum atomic E-state index is 12.7. The fraction of sp³-hybridized carbons (Fsp3) is 0.143. The minimum Gasteiger partial charge on any atom is -0.322 e. The summed E-state index contributed by atoms with van der Waals surface area (Å²) in [5.41, 5.74) is 1.27. The number of hydrogen-bond donors (Lipinski definition) is 1. The van der Waals surface area contributed by atoms with Gasteiger partial charge in [0.1, 0.15) is 5.56 Å². The minimum atomic E-state index is -0.606. The first kappa shape index (κ1) is 19.0. The lowest BCUT2D eigenvalue weighted by atomic mass is 10.1. The van der Waals surface area contributed by atoms with Gasteiger partial charge in [-0.15, -0.1) is 0 Å². The molecule has 0 saturated carbocycles. The van der Waals surface area contributed by atoms with E-state index in [1.54, 1.807) is 24.4 Å². The molecule has 1 heterocycles. The molecule has 0 aliphatic heterocycles. The monoisotopic (exact) mass is 377 g/mol. The van der Waals surface area contributed by atoms with Gasteiger partial charge in [0.05, 0.1) is 11.5 Å². The summed E-state index contributed by atoms with van der Waals surface area (Å²) in [4.78, 5) is 36.0. The zero-order valence-electron chi connectivity index (χ0n) is 15.3. The smallest absolute Gasteiger partial charge is 0.274 e. The highest BCUT2D eigenvalue weighted by Crippen LogP contribution is 2.23. The highest BCUT2D eigenvalue weighted by atomic mass is 16.6. The number of nitro groups is 1. The van der Waals surface area contributed by atoms with E-state index in [0.29, 0.717) is 18.5 Å². The topological polar surface area (TPSA) is 94.2 Å². The molecule has 0 unspecified atom stereocenters. The van der Waals surface area contributed by atoms with Crippen molar-refractivity contribution >= 4 is 17.3 Å². The Morgan fingerprint density at radius 1 is 1.11 bits per heavy atom. The van der Waals surface area contributed by atoms with E-state index in [4.69, 9.17) is 0 Å². The maximum Gasteiger partial charge on any atom is 0.274 e. The van der Waals surface area contributed by atoms with Crippen molar-refractivity contribution in [1.82, 2.24) is 4.57 Å². The van der Waals surface area contributed by atoms with Crippen LogP contribution in [0.2, 0.25) is 0 Å². The Labute approximate surface area is 161 Å². The first-order valence-electron chi connectivity index (χ1n) is 8.81. The van der Waals surface area contributed by atoms with E-state index in [-0.39, 0.29) is 16.9 Å². The second-order valence-corrected chi connectivity index (χ2v) is 6.25. The summed E-state index contributed by atoms with van der Waals surface area (Å²) < 4.78 is 1.45. The number of benzene rings is 2. The van der Waals surface area contributed by atoms with Crippen molar-refractivity contribution in [3.63, 3.8) is 0 Å². The average Bonchev–Trinajstić information content (AvgIpc) is 2.70. The molecule has 1 N–H and O–H groups in total. The second kappa shape index (κ2) is 8.30. The number of nitrogens with zero attached hydrogens (tertiary/aromatic N) is 2. The summed E-state index contributed by atoms with van der Waals surface area (Å²) in [5.74, 6) is -0.606. The first-order valence-corrected chi connectivity index (χ1v) is 8.81. The number of carbonyl (C=O) groups is 1.